The zero-order chi connectivity index (χ0) is 25.0. The molecule has 0 N–H and O–H groups in total. The molecule has 1 aliphatic heterocycles. The third-order valence-corrected chi connectivity index (χ3v) is 7.43. The van der Waals surface area contributed by atoms with Gasteiger partial charge in [-0.1, -0.05) is 50.2 Å². The molecule has 2 aromatic carbocycles. The summed E-state index contributed by atoms with van der Waals surface area (Å²) in [7, 11) is 0.173. The van der Waals surface area contributed by atoms with Gasteiger partial charge in [0.15, 0.2) is 10.5 Å². The van der Waals surface area contributed by atoms with Crippen molar-refractivity contribution < 1.29 is 8.78 Å². The molecule has 4 nitrogen and oxygen atoms in total. The molecule has 3 heterocycles. The van der Waals surface area contributed by atoms with Crippen LogP contribution in [0.15, 0.2) is 72.0 Å². The quantitative estimate of drug-likeness (QED) is 0.286. The van der Waals surface area contributed by atoms with Gasteiger partial charge in [0, 0.05) is 46.0 Å². The lowest BCUT2D eigenvalue weighted by molar-refractivity contribution is -0.0327. The fraction of sp³-hybridized carbons (Fsp3) is 0.357. The van der Waals surface area contributed by atoms with Gasteiger partial charge in [-0.3, -0.25) is 4.90 Å². The molecule has 0 bridgehead atoms. The van der Waals surface area contributed by atoms with E-state index in [0.717, 1.165) is 53.8 Å². The van der Waals surface area contributed by atoms with E-state index in [1.165, 1.54) is 17.0 Å². The van der Waals surface area contributed by atoms with Crippen LogP contribution in [0, 0.1) is 0 Å². The predicted molar refractivity (Wildman–Crippen MR) is 142 cm³/mol. The minimum Gasteiger partial charge on any atom is -0.297 e. The lowest BCUT2D eigenvalue weighted by Gasteiger charge is -2.23. The van der Waals surface area contributed by atoms with Gasteiger partial charge in [-0.15, -0.1) is 0 Å². The van der Waals surface area contributed by atoms with Crippen molar-refractivity contribution in [3.05, 3.63) is 72.7 Å². The lowest BCUT2D eigenvalue weighted by Crippen LogP contribution is -2.33. The van der Waals surface area contributed by atoms with Crippen molar-refractivity contribution in [1.29, 1.82) is 0 Å². The van der Waals surface area contributed by atoms with Crippen molar-refractivity contribution in [2.75, 3.05) is 32.1 Å². The summed E-state index contributed by atoms with van der Waals surface area (Å²) in [6.45, 7) is 5.30. The van der Waals surface area contributed by atoms with Crippen molar-refractivity contribution in [3.8, 4) is 22.3 Å². The standard InChI is InChI=1S/C26H27F2N4S.C2H6/c1-33(2)23-7-5-6-20(14-23)24-16-30-32-17-21(15-29-25(24)32)19-8-10-22(11-9-19)26(27,28)18-31-12-3-4-13-31;1-2/h5-11,14-17H,3-4,12-13,18H2,1-2H3;1-2H3/q+1;. The normalized spacial score (nSPS) is 14.4. The monoisotopic (exact) mass is 495 g/mol. The molecule has 1 saturated heterocycles. The third kappa shape index (κ3) is 5.57. The molecule has 7 heteroatoms. The smallest absolute Gasteiger partial charge is 0.285 e. The number of hydrogen-bond acceptors (Lipinski definition) is 3. The summed E-state index contributed by atoms with van der Waals surface area (Å²) < 4.78 is 31.2. The molecule has 184 valence electrons. The zero-order valence-corrected chi connectivity index (χ0v) is 21.7. The van der Waals surface area contributed by atoms with Gasteiger partial charge in [0.1, 0.15) is 12.5 Å². The summed E-state index contributed by atoms with van der Waals surface area (Å²) in [6, 6.07) is 15.0. The highest BCUT2D eigenvalue weighted by atomic mass is 32.2. The minimum atomic E-state index is -2.85. The highest BCUT2D eigenvalue weighted by molar-refractivity contribution is 7.95. The van der Waals surface area contributed by atoms with Gasteiger partial charge in [0.25, 0.3) is 5.92 Å². The molecule has 0 amide bonds. The molecule has 0 radical (unpaired) electrons. The molecule has 0 unspecified atom stereocenters. The second-order valence-corrected chi connectivity index (χ2v) is 10.9. The first-order valence-electron chi connectivity index (χ1n) is 12.1. The maximum atomic E-state index is 14.7. The molecule has 4 aromatic rings. The number of halogens is 2. The first kappa shape index (κ1) is 25.3. The van der Waals surface area contributed by atoms with Gasteiger partial charge in [-0.05, 0) is 43.1 Å². The summed E-state index contributed by atoms with van der Waals surface area (Å²) in [5.41, 5.74) is 4.57. The summed E-state index contributed by atoms with van der Waals surface area (Å²) in [5, 5.41) is 4.50. The van der Waals surface area contributed by atoms with Crippen LogP contribution in [0.5, 0.6) is 0 Å². The number of likely N-dealkylation sites (tertiary alicyclic amines) is 1. The number of alkyl halides is 2. The van der Waals surface area contributed by atoms with Crippen LogP contribution in [0.3, 0.4) is 0 Å². The Hall–Kier alpha value is -2.77. The van der Waals surface area contributed by atoms with Crippen LogP contribution in [-0.2, 0) is 16.8 Å². The molecule has 35 heavy (non-hydrogen) atoms. The molecule has 0 aliphatic carbocycles. The topological polar surface area (TPSA) is 33.4 Å². The Morgan fingerprint density at radius 3 is 2.31 bits per heavy atom. The van der Waals surface area contributed by atoms with Crippen molar-refractivity contribution in [3.63, 3.8) is 0 Å². The molecular weight excluding hydrogens is 462 g/mol. The van der Waals surface area contributed by atoms with E-state index in [9.17, 15) is 8.78 Å². The molecule has 0 spiro atoms. The number of nitrogens with zero attached hydrogens (tertiary/aromatic N) is 4. The van der Waals surface area contributed by atoms with Crippen LogP contribution in [0.1, 0.15) is 32.3 Å². The maximum Gasteiger partial charge on any atom is 0.285 e. The van der Waals surface area contributed by atoms with Crippen molar-refractivity contribution in [2.24, 2.45) is 0 Å². The van der Waals surface area contributed by atoms with E-state index < -0.39 is 5.92 Å². The van der Waals surface area contributed by atoms with Crippen molar-refractivity contribution >= 4 is 16.5 Å². The van der Waals surface area contributed by atoms with Gasteiger partial charge >= 0.3 is 0 Å². The first-order chi connectivity index (χ1) is 16.9. The van der Waals surface area contributed by atoms with Crippen LogP contribution < -0.4 is 0 Å². The summed E-state index contributed by atoms with van der Waals surface area (Å²) >= 11 is 0. The predicted octanol–water partition coefficient (Wildman–Crippen LogP) is 6.51. The van der Waals surface area contributed by atoms with Crippen molar-refractivity contribution in [2.45, 2.75) is 37.5 Å². The van der Waals surface area contributed by atoms with E-state index >= 15 is 0 Å². The molecule has 1 fully saturated rings. The van der Waals surface area contributed by atoms with Crippen LogP contribution in [0.2, 0.25) is 0 Å². The lowest BCUT2D eigenvalue weighted by atomic mass is 10.0. The Bertz CT molecular complexity index is 1260. The molecule has 1 aliphatic rings. The van der Waals surface area contributed by atoms with E-state index in [-0.39, 0.29) is 23.0 Å². The van der Waals surface area contributed by atoms with Crippen LogP contribution in [0.4, 0.5) is 8.78 Å². The highest BCUT2D eigenvalue weighted by Crippen LogP contribution is 2.32. The SMILES string of the molecule is CC.C[S+](C)c1cccc(-c2cnn3cc(-c4ccc(C(F)(F)CN5CCCC5)cc4)cnc23)c1. The van der Waals surface area contributed by atoms with E-state index in [4.69, 9.17) is 0 Å². The van der Waals surface area contributed by atoms with E-state index in [1.807, 2.05) is 31.1 Å². The van der Waals surface area contributed by atoms with Crippen molar-refractivity contribution in [1.82, 2.24) is 19.5 Å². The Labute approximate surface area is 209 Å². The van der Waals surface area contributed by atoms with Crippen LogP contribution >= 0.6 is 0 Å². The van der Waals surface area contributed by atoms with E-state index in [2.05, 4.69) is 46.9 Å². The number of aromatic nitrogens is 3. The van der Waals surface area contributed by atoms with E-state index in [0.29, 0.717) is 0 Å². The third-order valence-electron chi connectivity index (χ3n) is 6.23. The molecular formula is C28H33F2N4S+. The minimum absolute atomic E-state index is 0.0549. The first-order valence-corrected chi connectivity index (χ1v) is 14.2. The van der Waals surface area contributed by atoms with Crippen LogP contribution in [-0.4, -0.2) is 51.6 Å². The van der Waals surface area contributed by atoms with Gasteiger partial charge < -0.3 is 0 Å². The fourth-order valence-corrected chi connectivity index (χ4v) is 5.08. The summed E-state index contributed by atoms with van der Waals surface area (Å²) in [5.74, 6) is -2.85. The summed E-state index contributed by atoms with van der Waals surface area (Å²) in [4.78, 5) is 7.80. The number of hydrogen-bond donors (Lipinski definition) is 0. The Morgan fingerprint density at radius 2 is 1.63 bits per heavy atom. The maximum absolute atomic E-state index is 14.7. The largest absolute Gasteiger partial charge is 0.297 e. The second kappa shape index (κ2) is 10.9. The molecule has 0 saturated carbocycles. The average molecular weight is 496 g/mol. The summed E-state index contributed by atoms with van der Waals surface area (Å²) in [6.07, 6.45) is 11.9. The Morgan fingerprint density at radius 1 is 0.914 bits per heavy atom. The average Bonchev–Trinajstić information content (AvgIpc) is 3.54. The number of benzene rings is 2. The second-order valence-electron chi connectivity index (χ2n) is 8.78. The number of rotatable bonds is 6. The van der Waals surface area contributed by atoms with Gasteiger partial charge in [0.2, 0.25) is 0 Å². The van der Waals surface area contributed by atoms with Crippen LogP contribution in [0.25, 0.3) is 27.9 Å². The Kier molecular flexibility index (Phi) is 7.87. The zero-order valence-electron chi connectivity index (χ0n) is 20.8. The van der Waals surface area contributed by atoms with Gasteiger partial charge in [-0.2, -0.15) is 13.9 Å². The number of fused-ring (bicyclic) bond motifs is 1. The molecule has 0 atom stereocenters. The Balaban J connectivity index is 0.00000141. The van der Waals surface area contributed by atoms with Gasteiger partial charge in [-0.25, -0.2) is 9.50 Å². The highest BCUT2D eigenvalue weighted by Gasteiger charge is 2.34. The molecule has 2 aromatic heterocycles. The van der Waals surface area contributed by atoms with Gasteiger partial charge in [0.05, 0.1) is 12.7 Å². The van der Waals surface area contributed by atoms with E-state index in [1.54, 1.807) is 22.8 Å². The fourth-order valence-electron chi connectivity index (χ4n) is 4.36. The molecule has 5 rings (SSSR count).